The van der Waals surface area contributed by atoms with E-state index in [1.165, 1.54) is 37.7 Å². The first-order valence-electron chi connectivity index (χ1n) is 7.37. The SMILES string of the molecule is CCNC1CCCC1c1ccc(OC2CC2)cc1. The van der Waals surface area contributed by atoms with Gasteiger partial charge >= 0.3 is 0 Å². The normalized spacial score (nSPS) is 27.4. The van der Waals surface area contributed by atoms with E-state index < -0.39 is 0 Å². The van der Waals surface area contributed by atoms with Crippen LogP contribution in [0.4, 0.5) is 0 Å². The summed E-state index contributed by atoms with van der Waals surface area (Å²) in [6.07, 6.45) is 6.94. The van der Waals surface area contributed by atoms with Gasteiger partial charge in [-0.15, -0.1) is 0 Å². The van der Waals surface area contributed by atoms with Crippen LogP contribution in [0, 0.1) is 0 Å². The lowest BCUT2D eigenvalue weighted by Gasteiger charge is -2.21. The van der Waals surface area contributed by atoms with Crippen molar-refractivity contribution in [2.45, 2.75) is 57.1 Å². The summed E-state index contributed by atoms with van der Waals surface area (Å²) < 4.78 is 5.80. The van der Waals surface area contributed by atoms with Gasteiger partial charge in [0.05, 0.1) is 6.10 Å². The lowest BCUT2D eigenvalue weighted by atomic mass is 9.94. The van der Waals surface area contributed by atoms with E-state index in [1.54, 1.807) is 0 Å². The van der Waals surface area contributed by atoms with Crippen molar-refractivity contribution in [3.63, 3.8) is 0 Å². The Morgan fingerprint density at radius 2 is 1.89 bits per heavy atom. The average Bonchev–Trinajstić information content (AvgIpc) is 3.08. The molecule has 0 heterocycles. The minimum atomic E-state index is 0.497. The number of nitrogens with one attached hydrogen (secondary N) is 1. The third-order valence-corrected chi connectivity index (χ3v) is 4.12. The Balaban J connectivity index is 1.67. The Bertz CT molecular complexity index is 383. The first-order chi connectivity index (χ1) is 8.86. The highest BCUT2D eigenvalue weighted by Gasteiger charge is 2.28. The molecule has 2 atom stereocenters. The van der Waals surface area contributed by atoms with Crippen molar-refractivity contribution in [3.8, 4) is 5.75 Å². The summed E-state index contributed by atoms with van der Waals surface area (Å²) in [4.78, 5) is 0. The quantitative estimate of drug-likeness (QED) is 0.857. The topological polar surface area (TPSA) is 21.3 Å². The first kappa shape index (κ1) is 12.0. The molecule has 3 rings (SSSR count). The fraction of sp³-hybridized carbons (Fsp3) is 0.625. The maximum atomic E-state index is 5.80. The van der Waals surface area contributed by atoms with E-state index in [2.05, 4.69) is 36.5 Å². The third kappa shape index (κ3) is 2.69. The molecule has 2 fully saturated rings. The van der Waals surface area contributed by atoms with Crippen molar-refractivity contribution in [2.75, 3.05) is 6.54 Å². The number of hydrogen-bond donors (Lipinski definition) is 1. The van der Waals surface area contributed by atoms with Gasteiger partial charge in [0.15, 0.2) is 0 Å². The predicted octanol–water partition coefficient (Wildman–Crippen LogP) is 3.47. The largest absolute Gasteiger partial charge is 0.490 e. The molecule has 0 bridgehead atoms. The van der Waals surface area contributed by atoms with Gasteiger partial charge in [0.1, 0.15) is 5.75 Å². The standard InChI is InChI=1S/C16H23NO/c1-2-17-16-5-3-4-15(16)12-6-8-13(9-7-12)18-14-10-11-14/h6-9,14-17H,2-5,10-11H2,1H3. The molecule has 0 radical (unpaired) electrons. The van der Waals surface area contributed by atoms with Crippen molar-refractivity contribution in [1.29, 1.82) is 0 Å². The van der Waals surface area contributed by atoms with Crippen LogP contribution in [-0.2, 0) is 0 Å². The number of hydrogen-bond acceptors (Lipinski definition) is 2. The van der Waals surface area contributed by atoms with Crippen molar-refractivity contribution < 1.29 is 4.74 Å². The van der Waals surface area contributed by atoms with Crippen molar-refractivity contribution in [1.82, 2.24) is 5.32 Å². The Hall–Kier alpha value is -1.02. The van der Waals surface area contributed by atoms with E-state index in [-0.39, 0.29) is 0 Å². The molecule has 2 saturated carbocycles. The highest BCUT2D eigenvalue weighted by Crippen LogP contribution is 2.35. The van der Waals surface area contributed by atoms with Crippen molar-refractivity contribution in [2.24, 2.45) is 0 Å². The van der Waals surface area contributed by atoms with Gasteiger partial charge < -0.3 is 10.1 Å². The van der Waals surface area contributed by atoms with Crippen LogP contribution in [0.1, 0.15) is 50.5 Å². The molecule has 1 N–H and O–H groups in total. The van der Waals surface area contributed by atoms with Gasteiger partial charge in [-0.25, -0.2) is 0 Å². The van der Waals surface area contributed by atoms with Gasteiger partial charge in [-0.3, -0.25) is 0 Å². The summed E-state index contributed by atoms with van der Waals surface area (Å²) in [5.74, 6) is 1.74. The molecule has 18 heavy (non-hydrogen) atoms. The first-order valence-corrected chi connectivity index (χ1v) is 7.37. The van der Waals surface area contributed by atoms with Crippen LogP contribution in [0.5, 0.6) is 5.75 Å². The van der Waals surface area contributed by atoms with Gasteiger partial charge in [0.25, 0.3) is 0 Å². The molecule has 0 aromatic heterocycles. The molecule has 0 saturated heterocycles. The van der Waals surface area contributed by atoms with Crippen LogP contribution in [0.3, 0.4) is 0 Å². The van der Waals surface area contributed by atoms with Gasteiger partial charge in [-0.05, 0) is 55.8 Å². The Labute approximate surface area is 110 Å². The number of likely N-dealkylation sites (N-methyl/N-ethyl adjacent to an activating group) is 1. The molecule has 2 nitrogen and oxygen atoms in total. The maximum absolute atomic E-state index is 5.80. The second kappa shape index (κ2) is 5.31. The summed E-state index contributed by atoms with van der Waals surface area (Å²) in [7, 11) is 0. The van der Waals surface area contributed by atoms with Crippen LogP contribution < -0.4 is 10.1 Å². The fourth-order valence-electron chi connectivity index (χ4n) is 3.04. The van der Waals surface area contributed by atoms with Gasteiger partial charge in [-0.2, -0.15) is 0 Å². The Morgan fingerprint density at radius 1 is 1.11 bits per heavy atom. The maximum Gasteiger partial charge on any atom is 0.119 e. The second-order valence-electron chi connectivity index (χ2n) is 5.59. The van der Waals surface area contributed by atoms with E-state index in [1.807, 2.05) is 0 Å². The van der Waals surface area contributed by atoms with E-state index in [0.717, 1.165) is 12.3 Å². The van der Waals surface area contributed by atoms with Crippen molar-refractivity contribution in [3.05, 3.63) is 29.8 Å². The molecule has 2 aliphatic carbocycles. The Kier molecular flexibility index (Phi) is 3.55. The highest BCUT2D eigenvalue weighted by molar-refractivity contribution is 5.31. The summed E-state index contributed by atoms with van der Waals surface area (Å²) in [5.41, 5.74) is 1.47. The summed E-state index contributed by atoms with van der Waals surface area (Å²) in [5, 5.41) is 3.62. The number of benzene rings is 1. The van der Waals surface area contributed by atoms with Crippen LogP contribution in [0.2, 0.25) is 0 Å². The summed E-state index contributed by atoms with van der Waals surface area (Å²) >= 11 is 0. The van der Waals surface area contributed by atoms with Crippen LogP contribution >= 0.6 is 0 Å². The summed E-state index contributed by atoms with van der Waals surface area (Å²) in [6.45, 7) is 3.27. The molecule has 1 aromatic carbocycles. The van der Waals surface area contributed by atoms with E-state index in [0.29, 0.717) is 18.1 Å². The molecule has 2 aliphatic rings. The molecular weight excluding hydrogens is 222 g/mol. The van der Waals surface area contributed by atoms with Gasteiger partial charge in [0, 0.05) is 6.04 Å². The van der Waals surface area contributed by atoms with Gasteiger partial charge in [-0.1, -0.05) is 25.5 Å². The molecule has 0 amide bonds. The molecule has 1 aromatic rings. The van der Waals surface area contributed by atoms with Crippen LogP contribution in [-0.4, -0.2) is 18.7 Å². The molecule has 2 unspecified atom stereocenters. The number of rotatable bonds is 5. The van der Waals surface area contributed by atoms with Crippen LogP contribution in [0.15, 0.2) is 24.3 Å². The monoisotopic (exact) mass is 245 g/mol. The molecular formula is C16H23NO. The lowest BCUT2D eigenvalue weighted by Crippen LogP contribution is -2.30. The summed E-state index contributed by atoms with van der Waals surface area (Å²) in [6, 6.07) is 9.49. The highest BCUT2D eigenvalue weighted by atomic mass is 16.5. The zero-order valence-electron chi connectivity index (χ0n) is 11.2. The van der Waals surface area contributed by atoms with E-state index >= 15 is 0 Å². The fourth-order valence-corrected chi connectivity index (χ4v) is 3.04. The Morgan fingerprint density at radius 3 is 2.56 bits per heavy atom. The smallest absolute Gasteiger partial charge is 0.119 e. The molecule has 0 aliphatic heterocycles. The molecule has 2 heteroatoms. The van der Waals surface area contributed by atoms with Crippen molar-refractivity contribution >= 4 is 0 Å². The van der Waals surface area contributed by atoms with Crippen LogP contribution in [0.25, 0.3) is 0 Å². The zero-order valence-corrected chi connectivity index (χ0v) is 11.2. The average molecular weight is 245 g/mol. The number of ether oxygens (including phenoxy) is 1. The minimum Gasteiger partial charge on any atom is -0.490 e. The predicted molar refractivity (Wildman–Crippen MR) is 74.1 cm³/mol. The van der Waals surface area contributed by atoms with E-state index in [4.69, 9.17) is 4.74 Å². The molecule has 98 valence electrons. The van der Waals surface area contributed by atoms with Gasteiger partial charge in [0.2, 0.25) is 0 Å². The third-order valence-electron chi connectivity index (χ3n) is 4.12. The second-order valence-corrected chi connectivity index (χ2v) is 5.59. The minimum absolute atomic E-state index is 0.497. The van der Waals surface area contributed by atoms with E-state index in [9.17, 15) is 0 Å². The molecule has 0 spiro atoms. The zero-order chi connectivity index (χ0) is 12.4. The lowest BCUT2D eigenvalue weighted by molar-refractivity contribution is 0.303.